The fourth-order valence-corrected chi connectivity index (χ4v) is 2.17. The van der Waals surface area contributed by atoms with Crippen LogP contribution in [0.15, 0.2) is 18.2 Å². The number of nitrogens with one attached hydrogen (secondary N) is 1. The maximum absolute atomic E-state index is 12.0. The lowest BCUT2D eigenvalue weighted by molar-refractivity contribution is -0.385. The average Bonchev–Trinajstić information content (AvgIpc) is 2.33. The van der Waals surface area contributed by atoms with Gasteiger partial charge in [0.05, 0.1) is 4.92 Å². The number of hydrogen-bond donors (Lipinski definition) is 2. The summed E-state index contributed by atoms with van der Waals surface area (Å²) in [6.07, 6.45) is 2.76. The molecule has 0 radical (unpaired) electrons. The molecule has 6 nitrogen and oxygen atoms in total. The Labute approximate surface area is 115 Å². The van der Waals surface area contributed by atoms with Gasteiger partial charge in [0.25, 0.3) is 11.6 Å². The Kier molecular flexibility index (Phi) is 3.73. The second-order valence-electron chi connectivity index (χ2n) is 4.82. The first kappa shape index (κ1) is 13.8. The highest BCUT2D eigenvalue weighted by Gasteiger charge is 2.33. The van der Waals surface area contributed by atoms with Crippen LogP contribution in [-0.2, 0) is 0 Å². The Morgan fingerprint density at radius 2 is 2.21 bits per heavy atom. The van der Waals surface area contributed by atoms with Gasteiger partial charge >= 0.3 is 0 Å². The quantitative estimate of drug-likeness (QED) is 0.651. The number of carbonyl (C=O) groups excluding carboxylic acids is 1. The van der Waals surface area contributed by atoms with Crippen LogP contribution in [0, 0.1) is 10.1 Å². The Morgan fingerprint density at radius 3 is 2.74 bits per heavy atom. The predicted octanol–water partition coefficient (Wildman–Crippen LogP) is 1.86. The zero-order chi connectivity index (χ0) is 14.0. The lowest BCUT2D eigenvalue weighted by Gasteiger charge is -2.38. The van der Waals surface area contributed by atoms with Gasteiger partial charge in [0.2, 0.25) is 0 Å². The summed E-state index contributed by atoms with van der Waals surface area (Å²) in [6, 6.07) is 3.96. The van der Waals surface area contributed by atoms with Crippen LogP contribution in [0.5, 0.6) is 0 Å². The van der Waals surface area contributed by atoms with Crippen molar-refractivity contribution in [3.63, 3.8) is 0 Å². The van der Waals surface area contributed by atoms with E-state index in [1.807, 2.05) is 0 Å². The van der Waals surface area contributed by atoms with Crippen molar-refractivity contribution in [1.82, 2.24) is 5.32 Å². The minimum atomic E-state index is -0.623. The Balaban J connectivity index is 2.12. The van der Waals surface area contributed by atoms with Crippen molar-refractivity contribution in [3.8, 4) is 0 Å². The van der Waals surface area contributed by atoms with E-state index in [-0.39, 0.29) is 21.8 Å². The van der Waals surface area contributed by atoms with Gasteiger partial charge in [-0.25, -0.2) is 0 Å². The number of benzene rings is 1. The van der Waals surface area contributed by atoms with E-state index in [4.69, 9.17) is 17.3 Å². The molecule has 7 heteroatoms. The molecule has 1 fully saturated rings. The molecule has 0 heterocycles. The molecular weight excluding hydrogens is 270 g/mol. The summed E-state index contributed by atoms with van der Waals surface area (Å²) in [5.74, 6) is -0.500. The van der Waals surface area contributed by atoms with E-state index in [2.05, 4.69) is 5.32 Å². The molecular formula is C12H14ClN3O3. The molecule has 1 aromatic rings. The zero-order valence-electron chi connectivity index (χ0n) is 10.2. The van der Waals surface area contributed by atoms with Crippen molar-refractivity contribution >= 4 is 23.2 Å². The fourth-order valence-electron chi connectivity index (χ4n) is 2.01. The molecule has 0 aliphatic heterocycles. The van der Waals surface area contributed by atoms with Crippen LogP contribution in [0.2, 0.25) is 5.02 Å². The van der Waals surface area contributed by atoms with Crippen molar-refractivity contribution in [2.45, 2.75) is 24.8 Å². The van der Waals surface area contributed by atoms with Gasteiger partial charge in [-0.3, -0.25) is 14.9 Å². The summed E-state index contributed by atoms with van der Waals surface area (Å²) in [7, 11) is 0. The van der Waals surface area contributed by atoms with Crippen molar-refractivity contribution in [2.75, 3.05) is 6.54 Å². The predicted molar refractivity (Wildman–Crippen MR) is 71.2 cm³/mol. The van der Waals surface area contributed by atoms with Crippen LogP contribution in [0.4, 0.5) is 5.69 Å². The summed E-state index contributed by atoms with van der Waals surface area (Å²) in [6.45, 7) is 0.325. The summed E-state index contributed by atoms with van der Waals surface area (Å²) >= 11 is 5.69. The second kappa shape index (κ2) is 5.14. The second-order valence-corrected chi connectivity index (χ2v) is 5.25. The van der Waals surface area contributed by atoms with Crippen LogP contribution in [0.1, 0.15) is 29.6 Å². The molecule has 0 aromatic heterocycles. The number of hydrogen-bond acceptors (Lipinski definition) is 4. The fraction of sp³-hybridized carbons (Fsp3) is 0.417. The number of nitrogens with two attached hydrogens (primary N) is 1. The normalized spacial score (nSPS) is 16.5. The highest BCUT2D eigenvalue weighted by Crippen LogP contribution is 2.28. The molecule has 0 spiro atoms. The van der Waals surface area contributed by atoms with Crippen molar-refractivity contribution in [1.29, 1.82) is 0 Å². The number of rotatable bonds is 4. The summed E-state index contributed by atoms with van der Waals surface area (Å²) in [5.41, 5.74) is 5.31. The molecule has 102 valence electrons. The highest BCUT2D eigenvalue weighted by atomic mass is 35.5. The molecule has 1 amide bonds. The topological polar surface area (TPSA) is 98.3 Å². The molecule has 0 saturated heterocycles. The Morgan fingerprint density at radius 1 is 1.53 bits per heavy atom. The van der Waals surface area contributed by atoms with Gasteiger partial charge in [-0.2, -0.15) is 0 Å². The zero-order valence-corrected chi connectivity index (χ0v) is 10.9. The summed E-state index contributed by atoms with van der Waals surface area (Å²) in [4.78, 5) is 22.2. The summed E-state index contributed by atoms with van der Waals surface area (Å²) < 4.78 is 0. The van der Waals surface area contributed by atoms with Gasteiger partial charge in [0.15, 0.2) is 0 Å². The molecule has 1 aliphatic carbocycles. The molecule has 0 atom stereocenters. The minimum absolute atomic E-state index is 0.00248. The van der Waals surface area contributed by atoms with E-state index in [1.54, 1.807) is 0 Å². The molecule has 2 rings (SSSR count). The van der Waals surface area contributed by atoms with Crippen molar-refractivity contribution < 1.29 is 9.72 Å². The first-order valence-corrected chi connectivity index (χ1v) is 6.30. The largest absolute Gasteiger partial charge is 0.350 e. The number of nitro benzene ring substituents is 1. The average molecular weight is 284 g/mol. The van der Waals surface area contributed by atoms with E-state index in [1.165, 1.54) is 12.1 Å². The van der Waals surface area contributed by atoms with Gasteiger partial charge in [-0.05, 0) is 31.4 Å². The molecule has 19 heavy (non-hydrogen) atoms. The van der Waals surface area contributed by atoms with Crippen LogP contribution < -0.4 is 11.1 Å². The number of halogens is 1. The van der Waals surface area contributed by atoms with E-state index >= 15 is 0 Å². The van der Waals surface area contributed by atoms with E-state index in [0.717, 1.165) is 25.3 Å². The Hall–Kier alpha value is -1.66. The van der Waals surface area contributed by atoms with Gasteiger partial charge in [-0.1, -0.05) is 11.6 Å². The minimum Gasteiger partial charge on any atom is -0.350 e. The van der Waals surface area contributed by atoms with Gasteiger partial charge in [-0.15, -0.1) is 0 Å². The summed E-state index contributed by atoms with van der Waals surface area (Å²) in [5, 5.41) is 13.8. The lowest BCUT2D eigenvalue weighted by Crippen LogP contribution is -2.54. The highest BCUT2D eigenvalue weighted by molar-refractivity contribution is 6.31. The standard InChI is InChI=1S/C12H14ClN3O3/c13-8-2-3-9(10(6-8)16(18)19)11(17)15-7-12(14)4-1-5-12/h2-3,6H,1,4-5,7,14H2,(H,15,17). The third-order valence-corrected chi connectivity index (χ3v) is 3.59. The van der Waals surface area contributed by atoms with E-state index < -0.39 is 10.8 Å². The first-order valence-electron chi connectivity index (χ1n) is 5.92. The molecule has 3 N–H and O–H groups in total. The van der Waals surface area contributed by atoms with Gasteiger partial charge in [0, 0.05) is 23.2 Å². The maximum atomic E-state index is 12.0. The number of nitrogens with zero attached hydrogens (tertiary/aromatic N) is 1. The van der Waals surface area contributed by atoms with E-state index in [9.17, 15) is 14.9 Å². The molecule has 1 aliphatic rings. The van der Waals surface area contributed by atoms with Crippen LogP contribution in [0.3, 0.4) is 0 Å². The van der Waals surface area contributed by atoms with Crippen LogP contribution in [0.25, 0.3) is 0 Å². The number of nitro groups is 1. The number of carbonyl (C=O) groups is 1. The maximum Gasteiger partial charge on any atom is 0.283 e. The molecule has 0 unspecified atom stereocenters. The van der Waals surface area contributed by atoms with Gasteiger partial charge in [0.1, 0.15) is 5.56 Å². The number of amides is 1. The SMILES string of the molecule is NC1(CNC(=O)c2ccc(Cl)cc2[N+](=O)[O-])CCC1. The lowest BCUT2D eigenvalue weighted by atomic mass is 9.78. The third kappa shape index (κ3) is 3.02. The molecule has 1 saturated carbocycles. The Bertz CT molecular complexity index is 529. The molecule has 0 bridgehead atoms. The van der Waals surface area contributed by atoms with Crippen LogP contribution >= 0.6 is 11.6 Å². The van der Waals surface area contributed by atoms with Crippen LogP contribution in [-0.4, -0.2) is 22.9 Å². The van der Waals surface area contributed by atoms with E-state index in [0.29, 0.717) is 6.54 Å². The van der Waals surface area contributed by atoms with Crippen molar-refractivity contribution in [2.24, 2.45) is 5.73 Å². The first-order chi connectivity index (χ1) is 8.91. The monoisotopic (exact) mass is 283 g/mol. The third-order valence-electron chi connectivity index (χ3n) is 3.35. The smallest absolute Gasteiger partial charge is 0.283 e. The molecule has 1 aromatic carbocycles. The van der Waals surface area contributed by atoms with Crippen molar-refractivity contribution in [3.05, 3.63) is 38.9 Å². The van der Waals surface area contributed by atoms with Gasteiger partial charge < -0.3 is 11.1 Å².